The molecule has 2 rings (SSSR count). The van der Waals surface area contributed by atoms with Crippen molar-refractivity contribution in [3.63, 3.8) is 0 Å². The van der Waals surface area contributed by atoms with Crippen molar-refractivity contribution in [2.45, 2.75) is 6.92 Å². The highest BCUT2D eigenvalue weighted by Gasteiger charge is 2.18. The summed E-state index contributed by atoms with van der Waals surface area (Å²) in [5, 5.41) is 0. The minimum Gasteiger partial charge on any atom is -0.338 e. The Morgan fingerprint density at radius 1 is 1.21 bits per heavy atom. The van der Waals surface area contributed by atoms with Crippen molar-refractivity contribution < 1.29 is 4.79 Å². The summed E-state index contributed by atoms with van der Waals surface area (Å²) in [5.41, 5.74) is 3.04. The molecule has 0 atom stereocenters. The van der Waals surface area contributed by atoms with Crippen LogP contribution in [0.3, 0.4) is 0 Å². The normalized spacial score (nSPS) is 16.0. The zero-order valence-corrected chi connectivity index (χ0v) is 8.45. The van der Waals surface area contributed by atoms with Crippen LogP contribution in [0.25, 0.3) is 5.57 Å². The molecule has 0 unspecified atom stereocenters. The predicted octanol–water partition coefficient (Wildman–Crippen LogP) is 2.18. The second kappa shape index (κ2) is 3.29. The maximum atomic E-state index is 11.9. The summed E-state index contributed by atoms with van der Waals surface area (Å²) in [6, 6.07) is 7.76. The van der Waals surface area contributed by atoms with Gasteiger partial charge in [-0.1, -0.05) is 24.3 Å². The first-order valence-electron chi connectivity index (χ1n) is 4.72. The fourth-order valence-corrected chi connectivity index (χ4v) is 1.69. The van der Waals surface area contributed by atoms with Gasteiger partial charge in [-0.3, -0.25) is 4.79 Å². The molecule has 1 aliphatic heterocycles. The third kappa shape index (κ3) is 1.33. The quantitative estimate of drug-likeness (QED) is 0.609. The van der Waals surface area contributed by atoms with Crippen molar-refractivity contribution >= 4 is 11.5 Å². The number of hydrogen-bond donors (Lipinski definition) is 0. The van der Waals surface area contributed by atoms with Gasteiger partial charge in [0, 0.05) is 19.2 Å². The molecule has 1 aromatic rings. The zero-order chi connectivity index (χ0) is 10.1. The highest BCUT2D eigenvalue weighted by atomic mass is 16.2. The molecular weight excluding hydrogens is 174 g/mol. The molecule has 0 fully saturated rings. The van der Waals surface area contributed by atoms with E-state index in [1.165, 1.54) is 5.57 Å². The van der Waals surface area contributed by atoms with E-state index < -0.39 is 0 Å². The molecule has 1 heterocycles. The minimum absolute atomic E-state index is 0.105. The Morgan fingerprint density at radius 2 is 1.86 bits per heavy atom. The van der Waals surface area contributed by atoms with Gasteiger partial charge < -0.3 is 4.90 Å². The predicted molar refractivity (Wildman–Crippen MR) is 57.1 cm³/mol. The number of amides is 1. The summed E-state index contributed by atoms with van der Waals surface area (Å²) >= 11 is 0. The molecule has 0 aromatic heterocycles. The van der Waals surface area contributed by atoms with Gasteiger partial charge >= 0.3 is 0 Å². The van der Waals surface area contributed by atoms with Gasteiger partial charge in [0.15, 0.2) is 0 Å². The minimum atomic E-state index is 0.105. The van der Waals surface area contributed by atoms with Gasteiger partial charge in [-0.25, -0.2) is 0 Å². The van der Waals surface area contributed by atoms with Crippen LogP contribution in [0.5, 0.6) is 0 Å². The van der Waals surface area contributed by atoms with Crippen LogP contribution in [0, 0.1) is 0 Å². The largest absolute Gasteiger partial charge is 0.338 e. The molecule has 0 radical (unpaired) electrons. The molecule has 0 N–H and O–H groups in total. The number of allylic oxidation sites excluding steroid dienone is 1. The number of benzene rings is 1. The summed E-state index contributed by atoms with van der Waals surface area (Å²) in [4.78, 5) is 13.6. The fourth-order valence-electron chi connectivity index (χ4n) is 1.69. The maximum Gasteiger partial charge on any atom is 0.254 e. The molecule has 72 valence electrons. The van der Waals surface area contributed by atoms with E-state index in [4.69, 9.17) is 0 Å². The van der Waals surface area contributed by atoms with Gasteiger partial charge in [-0.15, -0.1) is 0 Å². The van der Waals surface area contributed by atoms with E-state index >= 15 is 0 Å². The van der Waals surface area contributed by atoms with Crippen molar-refractivity contribution in [2.75, 3.05) is 13.6 Å². The first-order chi connectivity index (χ1) is 6.70. The van der Waals surface area contributed by atoms with Crippen molar-refractivity contribution in [1.82, 2.24) is 4.90 Å². The summed E-state index contributed by atoms with van der Waals surface area (Å²) in [6.45, 7) is 2.74. The number of nitrogens with zero attached hydrogens (tertiary/aromatic N) is 1. The smallest absolute Gasteiger partial charge is 0.254 e. The SMILES string of the molecule is CC1=CCN(C)C(=O)c2ccccc21. The zero-order valence-electron chi connectivity index (χ0n) is 8.45. The van der Waals surface area contributed by atoms with E-state index in [9.17, 15) is 4.79 Å². The Bertz CT molecular complexity index is 407. The Kier molecular flexibility index (Phi) is 2.12. The van der Waals surface area contributed by atoms with E-state index in [-0.39, 0.29) is 5.91 Å². The third-order valence-electron chi connectivity index (χ3n) is 2.60. The lowest BCUT2D eigenvalue weighted by atomic mass is 10.0. The highest BCUT2D eigenvalue weighted by molar-refractivity contribution is 6.00. The molecule has 0 bridgehead atoms. The van der Waals surface area contributed by atoms with Crippen LogP contribution in [0.4, 0.5) is 0 Å². The molecule has 14 heavy (non-hydrogen) atoms. The van der Waals surface area contributed by atoms with Crippen LogP contribution in [0.15, 0.2) is 30.3 Å². The summed E-state index contributed by atoms with van der Waals surface area (Å²) in [5.74, 6) is 0.105. The van der Waals surface area contributed by atoms with E-state index in [0.29, 0.717) is 6.54 Å². The van der Waals surface area contributed by atoms with Crippen molar-refractivity contribution in [3.8, 4) is 0 Å². The number of hydrogen-bond acceptors (Lipinski definition) is 1. The lowest BCUT2D eigenvalue weighted by Crippen LogP contribution is -2.25. The number of carbonyl (C=O) groups excluding carboxylic acids is 1. The first-order valence-corrected chi connectivity index (χ1v) is 4.72. The number of fused-ring (bicyclic) bond motifs is 1. The molecule has 2 nitrogen and oxygen atoms in total. The van der Waals surface area contributed by atoms with Gasteiger partial charge in [0.05, 0.1) is 0 Å². The Morgan fingerprint density at radius 3 is 2.57 bits per heavy atom. The Balaban J connectivity index is 2.61. The number of carbonyl (C=O) groups is 1. The van der Waals surface area contributed by atoms with Gasteiger partial charge in [-0.2, -0.15) is 0 Å². The second-order valence-electron chi connectivity index (χ2n) is 3.62. The van der Waals surface area contributed by atoms with E-state index in [1.54, 1.807) is 4.90 Å². The molecule has 0 saturated heterocycles. The topological polar surface area (TPSA) is 20.3 Å². The molecule has 2 heteroatoms. The lowest BCUT2D eigenvalue weighted by Gasteiger charge is -2.13. The van der Waals surface area contributed by atoms with E-state index in [2.05, 4.69) is 6.08 Å². The fraction of sp³-hybridized carbons (Fsp3) is 0.250. The van der Waals surface area contributed by atoms with Gasteiger partial charge in [0.1, 0.15) is 0 Å². The number of likely N-dealkylation sites (N-methyl/N-ethyl adjacent to an activating group) is 1. The van der Waals surface area contributed by atoms with Crippen molar-refractivity contribution in [3.05, 3.63) is 41.5 Å². The lowest BCUT2D eigenvalue weighted by molar-refractivity contribution is 0.0811. The van der Waals surface area contributed by atoms with Crippen molar-refractivity contribution in [2.24, 2.45) is 0 Å². The third-order valence-corrected chi connectivity index (χ3v) is 2.60. The van der Waals surface area contributed by atoms with Crippen LogP contribution < -0.4 is 0 Å². The van der Waals surface area contributed by atoms with Crippen LogP contribution in [-0.2, 0) is 0 Å². The van der Waals surface area contributed by atoms with Crippen molar-refractivity contribution in [1.29, 1.82) is 0 Å². The number of rotatable bonds is 0. The monoisotopic (exact) mass is 187 g/mol. The van der Waals surface area contributed by atoms with Crippen LogP contribution >= 0.6 is 0 Å². The molecule has 1 amide bonds. The molecule has 0 aliphatic carbocycles. The van der Waals surface area contributed by atoms with Gasteiger partial charge in [0.25, 0.3) is 5.91 Å². The Labute approximate surface area is 83.8 Å². The van der Waals surface area contributed by atoms with E-state index in [1.807, 2.05) is 38.2 Å². The summed E-state index contributed by atoms with van der Waals surface area (Å²) < 4.78 is 0. The summed E-state index contributed by atoms with van der Waals surface area (Å²) in [6.07, 6.45) is 2.09. The Hall–Kier alpha value is -1.57. The molecular formula is C12H13NO. The molecule has 1 aromatic carbocycles. The molecule has 0 spiro atoms. The average Bonchev–Trinajstić information content (AvgIpc) is 2.33. The molecule has 1 aliphatic rings. The standard InChI is InChI=1S/C12H13NO/c1-9-7-8-13(2)12(14)11-6-4-3-5-10(9)11/h3-7H,8H2,1-2H3. The van der Waals surface area contributed by atoms with Crippen LogP contribution in [0.2, 0.25) is 0 Å². The van der Waals surface area contributed by atoms with Gasteiger partial charge in [0.2, 0.25) is 0 Å². The van der Waals surface area contributed by atoms with E-state index in [0.717, 1.165) is 11.1 Å². The highest BCUT2D eigenvalue weighted by Crippen LogP contribution is 2.22. The maximum absolute atomic E-state index is 11.9. The average molecular weight is 187 g/mol. The van der Waals surface area contributed by atoms with Crippen LogP contribution in [0.1, 0.15) is 22.8 Å². The summed E-state index contributed by atoms with van der Waals surface area (Å²) in [7, 11) is 1.83. The molecule has 0 saturated carbocycles. The van der Waals surface area contributed by atoms with Crippen LogP contribution in [-0.4, -0.2) is 24.4 Å². The first kappa shape index (κ1) is 9.00. The second-order valence-corrected chi connectivity index (χ2v) is 3.62. The van der Waals surface area contributed by atoms with Gasteiger partial charge in [-0.05, 0) is 24.1 Å².